The monoisotopic (exact) mass is 700 g/mol. The van der Waals surface area contributed by atoms with Gasteiger partial charge in [-0.15, -0.1) is 0 Å². The number of benzene rings is 2. The number of aryl methyl sites for hydroxylation is 2. The fraction of sp³-hybridized carbons (Fsp3) is 0.500. The molecule has 13 heteroatoms. The SMILES string of the molecule is COc1ccc2cc1-c1cc3c(c(c1)OCCCN(C(=O)CCn1nc(C)c(C)c1C)CCCCNC2=O)OCCN(C(=O)C1CCC(=O)N1)C3. The van der Waals surface area contributed by atoms with Crippen molar-refractivity contribution < 1.29 is 33.4 Å². The summed E-state index contributed by atoms with van der Waals surface area (Å²) < 4.78 is 20.3. The van der Waals surface area contributed by atoms with E-state index in [0.29, 0.717) is 93.4 Å². The van der Waals surface area contributed by atoms with Gasteiger partial charge < -0.3 is 34.6 Å². The molecule has 2 N–H and O–H groups in total. The van der Waals surface area contributed by atoms with E-state index in [1.807, 2.05) is 42.5 Å². The first kappa shape index (κ1) is 35.7. The molecular formula is C38H48N6O7. The van der Waals surface area contributed by atoms with Gasteiger partial charge in [0.05, 0.1) is 26.0 Å². The molecule has 6 rings (SSSR count). The van der Waals surface area contributed by atoms with Crippen LogP contribution in [0.5, 0.6) is 17.2 Å². The van der Waals surface area contributed by atoms with Gasteiger partial charge in [0.25, 0.3) is 5.91 Å². The van der Waals surface area contributed by atoms with Gasteiger partial charge in [-0.1, -0.05) is 0 Å². The molecule has 1 fully saturated rings. The zero-order chi connectivity index (χ0) is 36.1. The van der Waals surface area contributed by atoms with Crippen molar-refractivity contribution in [3.05, 3.63) is 58.4 Å². The summed E-state index contributed by atoms with van der Waals surface area (Å²) >= 11 is 0. The average molecular weight is 701 g/mol. The second-order valence-electron chi connectivity index (χ2n) is 13.5. The molecule has 4 amide bonds. The van der Waals surface area contributed by atoms with Gasteiger partial charge in [-0.2, -0.15) is 5.10 Å². The van der Waals surface area contributed by atoms with Crippen molar-refractivity contribution >= 4 is 23.6 Å². The standard InChI is InChI=1S/C38H48N6O7/c1-24-25(2)41-44(26(24)3)16-12-35(46)42-14-6-5-13-39-37(47)27-8-10-32(49-4)30(21-27)28-20-29-23-43(38(48)31-9-11-34(45)40-31)17-19-51-36(29)33(22-28)50-18-7-15-42/h8,10,20-22,31H,5-7,9,11-19,23H2,1-4H3,(H,39,47)(H,40,45). The van der Waals surface area contributed by atoms with E-state index >= 15 is 0 Å². The minimum Gasteiger partial charge on any atom is -0.496 e. The first-order valence-electron chi connectivity index (χ1n) is 17.9. The summed E-state index contributed by atoms with van der Waals surface area (Å²) in [7, 11) is 1.58. The topological polar surface area (TPSA) is 144 Å². The molecule has 1 saturated heterocycles. The highest BCUT2D eigenvalue weighted by atomic mass is 16.5. The number of ether oxygens (including phenoxy) is 3. The number of amides is 4. The fourth-order valence-corrected chi connectivity index (χ4v) is 6.92. The predicted molar refractivity (Wildman–Crippen MR) is 190 cm³/mol. The van der Waals surface area contributed by atoms with E-state index < -0.39 is 6.04 Å². The Hall–Kier alpha value is -5.07. The van der Waals surface area contributed by atoms with Crippen molar-refractivity contribution in [3.8, 4) is 28.4 Å². The number of carbonyl (C=O) groups is 4. The Balaban J connectivity index is 1.27. The minimum absolute atomic E-state index is 0.0488. The van der Waals surface area contributed by atoms with Crippen LogP contribution in [-0.2, 0) is 27.5 Å². The number of hydrogen-bond donors (Lipinski definition) is 2. The van der Waals surface area contributed by atoms with E-state index in [1.165, 1.54) is 0 Å². The van der Waals surface area contributed by atoms with Crippen molar-refractivity contribution in [1.82, 2.24) is 30.2 Å². The van der Waals surface area contributed by atoms with Crippen LogP contribution in [0.1, 0.15) is 71.4 Å². The first-order chi connectivity index (χ1) is 24.6. The van der Waals surface area contributed by atoms with Crippen molar-refractivity contribution in [2.45, 2.75) is 78.4 Å². The van der Waals surface area contributed by atoms with E-state index in [0.717, 1.165) is 40.9 Å². The largest absolute Gasteiger partial charge is 0.496 e. The number of fused-ring (bicyclic) bond motifs is 7. The van der Waals surface area contributed by atoms with Crippen molar-refractivity contribution in [2.75, 3.05) is 46.5 Å². The molecule has 1 unspecified atom stereocenters. The highest BCUT2D eigenvalue weighted by molar-refractivity contribution is 5.96. The quantitative estimate of drug-likeness (QED) is 0.410. The van der Waals surface area contributed by atoms with Gasteiger partial charge in [-0.25, -0.2) is 0 Å². The zero-order valence-electron chi connectivity index (χ0n) is 30.0. The Morgan fingerprint density at radius 1 is 0.961 bits per heavy atom. The molecule has 51 heavy (non-hydrogen) atoms. The van der Waals surface area contributed by atoms with Crippen LogP contribution in [0.15, 0.2) is 30.3 Å². The lowest BCUT2D eigenvalue weighted by Crippen LogP contribution is -2.44. The molecule has 13 nitrogen and oxygen atoms in total. The van der Waals surface area contributed by atoms with E-state index in [4.69, 9.17) is 14.2 Å². The van der Waals surface area contributed by atoms with Crippen LogP contribution in [0.4, 0.5) is 0 Å². The van der Waals surface area contributed by atoms with Gasteiger partial charge in [0, 0.05) is 67.9 Å². The van der Waals surface area contributed by atoms with E-state index in [-0.39, 0.29) is 36.8 Å². The molecule has 4 bridgehead atoms. The van der Waals surface area contributed by atoms with Gasteiger partial charge >= 0.3 is 0 Å². The summed E-state index contributed by atoms with van der Waals surface area (Å²) in [6, 6.07) is 8.58. The summed E-state index contributed by atoms with van der Waals surface area (Å²) in [5.41, 5.74) is 5.83. The highest BCUT2D eigenvalue weighted by Gasteiger charge is 2.33. The molecule has 272 valence electrons. The molecule has 0 aliphatic carbocycles. The maximum Gasteiger partial charge on any atom is 0.251 e. The third-order valence-corrected chi connectivity index (χ3v) is 10.1. The Morgan fingerprint density at radius 2 is 1.78 bits per heavy atom. The summed E-state index contributed by atoms with van der Waals surface area (Å²) in [5.74, 6) is 1.20. The van der Waals surface area contributed by atoms with Crippen LogP contribution >= 0.6 is 0 Å². The second-order valence-corrected chi connectivity index (χ2v) is 13.5. The van der Waals surface area contributed by atoms with E-state index in [9.17, 15) is 19.2 Å². The van der Waals surface area contributed by atoms with Gasteiger partial charge in [-0.05, 0) is 87.9 Å². The lowest BCUT2D eigenvalue weighted by molar-refractivity contribution is -0.135. The van der Waals surface area contributed by atoms with Gasteiger partial charge in [0.1, 0.15) is 18.4 Å². The number of nitrogens with zero attached hydrogens (tertiary/aromatic N) is 4. The van der Waals surface area contributed by atoms with Crippen LogP contribution in [0.3, 0.4) is 0 Å². The van der Waals surface area contributed by atoms with Crippen molar-refractivity contribution in [1.29, 1.82) is 0 Å². The highest BCUT2D eigenvalue weighted by Crippen LogP contribution is 2.41. The van der Waals surface area contributed by atoms with Crippen LogP contribution in [0.25, 0.3) is 11.1 Å². The Labute approximate surface area is 298 Å². The third-order valence-electron chi connectivity index (χ3n) is 10.1. The van der Waals surface area contributed by atoms with Crippen LogP contribution in [-0.4, -0.2) is 95.8 Å². The van der Waals surface area contributed by atoms with Gasteiger partial charge in [0.15, 0.2) is 11.5 Å². The summed E-state index contributed by atoms with van der Waals surface area (Å²) in [5, 5.41) is 10.4. The maximum absolute atomic E-state index is 13.5. The molecule has 0 saturated carbocycles. The Bertz CT molecular complexity index is 1800. The first-order valence-corrected chi connectivity index (χ1v) is 17.9. The van der Waals surface area contributed by atoms with Crippen molar-refractivity contribution in [2.24, 2.45) is 0 Å². The summed E-state index contributed by atoms with van der Waals surface area (Å²) in [6.45, 7) is 9.29. The molecule has 2 aromatic carbocycles. The van der Waals surface area contributed by atoms with Crippen LogP contribution in [0.2, 0.25) is 0 Å². The minimum atomic E-state index is -0.557. The molecule has 1 atom stereocenters. The van der Waals surface area contributed by atoms with Crippen LogP contribution < -0.4 is 24.8 Å². The van der Waals surface area contributed by atoms with Gasteiger partial charge in [-0.3, -0.25) is 23.9 Å². The van der Waals surface area contributed by atoms with E-state index in [1.54, 1.807) is 30.2 Å². The second kappa shape index (κ2) is 15.9. The summed E-state index contributed by atoms with van der Waals surface area (Å²) in [6.07, 6.45) is 3.17. The molecule has 1 aromatic heterocycles. The zero-order valence-corrected chi connectivity index (χ0v) is 30.0. The average Bonchev–Trinajstić information content (AvgIpc) is 3.58. The lowest BCUT2D eigenvalue weighted by atomic mass is 9.98. The number of hydrogen-bond acceptors (Lipinski definition) is 8. The number of nitrogens with one attached hydrogen (secondary N) is 2. The number of rotatable bonds is 5. The predicted octanol–water partition coefficient (Wildman–Crippen LogP) is 3.69. The van der Waals surface area contributed by atoms with Gasteiger partial charge in [0.2, 0.25) is 17.7 Å². The molecule has 0 radical (unpaired) electrons. The molecule has 0 spiro atoms. The molecule has 3 aliphatic heterocycles. The summed E-state index contributed by atoms with van der Waals surface area (Å²) in [4.78, 5) is 55.8. The number of carbonyl (C=O) groups excluding carboxylic acids is 4. The molecular weight excluding hydrogens is 652 g/mol. The Morgan fingerprint density at radius 3 is 2.53 bits per heavy atom. The van der Waals surface area contributed by atoms with Crippen LogP contribution in [0, 0.1) is 20.8 Å². The lowest BCUT2D eigenvalue weighted by Gasteiger charge is -2.24. The number of methoxy groups -OCH3 is 1. The van der Waals surface area contributed by atoms with E-state index in [2.05, 4.69) is 15.7 Å². The molecule has 3 aromatic rings. The number of aromatic nitrogens is 2. The normalized spacial score (nSPS) is 18.4. The van der Waals surface area contributed by atoms with Crippen molar-refractivity contribution in [3.63, 3.8) is 0 Å². The molecule has 4 heterocycles. The molecule has 3 aliphatic rings. The maximum atomic E-state index is 13.5. The Kier molecular flexibility index (Phi) is 11.1. The third kappa shape index (κ3) is 8.13. The smallest absolute Gasteiger partial charge is 0.251 e. The fourth-order valence-electron chi connectivity index (χ4n) is 6.92.